The smallest absolute Gasteiger partial charge is 0.266 e. The summed E-state index contributed by atoms with van der Waals surface area (Å²) in [6.07, 6.45) is 4.16. The summed E-state index contributed by atoms with van der Waals surface area (Å²) in [5.41, 5.74) is 7.49. The summed E-state index contributed by atoms with van der Waals surface area (Å²) in [4.78, 5) is 12.8. The number of aryl methyl sites for hydroxylation is 4. The van der Waals surface area contributed by atoms with Crippen LogP contribution in [0.1, 0.15) is 34.7 Å². The van der Waals surface area contributed by atoms with E-state index < -0.39 is 5.91 Å². The number of nitrogens with one attached hydrogen (secondary N) is 2. The molecular weight excluding hydrogens is 360 g/mol. The molecule has 0 unspecified atom stereocenters. The van der Waals surface area contributed by atoms with Gasteiger partial charge in [0.1, 0.15) is 11.6 Å². The highest BCUT2D eigenvalue weighted by Crippen LogP contribution is 2.25. The van der Waals surface area contributed by atoms with Gasteiger partial charge in [0.05, 0.1) is 11.9 Å². The zero-order chi connectivity index (χ0) is 21.0. The van der Waals surface area contributed by atoms with Gasteiger partial charge >= 0.3 is 0 Å². The minimum Gasteiger partial charge on any atom is -0.321 e. The molecule has 5 nitrogen and oxygen atoms in total. The van der Waals surface area contributed by atoms with Gasteiger partial charge in [-0.25, -0.2) is 0 Å². The van der Waals surface area contributed by atoms with Crippen molar-refractivity contribution in [1.29, 1.82) is 5.26 Å². The Morgan fingerprint density at radius 1 is 1.17 bits per heavy atom. The summed E-state index contributed by atoms with van der Waals surface area (Å²) in [6, 6.07) is 14.2. The Morgan fingerprint density at radius 2 is 1.83 bits per heavy atom. The van der Waals surface area contributed by atoms with E-state index in [-0.39, 0.29) is 5.57 Å². The van der Waals surface area contributed by atoms with Crippen LogP contribution in [0, 0.1) is 32.1 Å². The fourth-order valence-electron chi connectivity index (χ4n) is 3.41. The third-order valence-corrected chi connectivity index (χ3v) is 4.90. The average molecular weight is 384 g/mol. The van der Waals surface area contributed by atoms with Crippen LogP contribution < -0.4 is 5.32 Å². The topological polar surface area (TPSA) is 81.6 Å². The van der Waals surface area contributed by atoms with Crippen molar-refractivity contribution in [2.45, 2.75) is 34.1 Å². The van der Waals surface area contributed by atoms with E-state index in [0.717, 1.165) is 40.1 Å². The first kappa shape index (κ1) is 20.1. The number of hydrogen-bond acceptors (Lipinski definition) is 3. The van der Waals surface area contributed by atoms with Crippen molar-refractivity contribution >= 4 is 17.7 Å². The predicted molar refractivity (Wildman–Crippen MR) is 116 cm³/mol. The molecule has 1 amide bonds. The molecule has 146 valence electrons. The molecule has 3 aromatic rings. The molecule has 0 saturated heterocycles. The molecule has 0 aliphatic carbocycles. The van der Waals surface area contributed by atoms with Crippen LogP contribution in [0.3, 0.4) is 0 Å². The number of carbonyl (C=O) groups is 1. The van der Waals surface area contributed by atoms with Crippen LogP contribution in [0.25, 0.3) is 17.3 Å². The maximum atomic E-state index is 12.8. The number of carbonyl (C=O) groups excluding carboxylic acids is 1. The quantitative estimate of drug-likeness (QED) is 0.474. The molecule has 1 heterocycles. The lowest BCUT2D eigenvalue weighted by Gasteiger charge is -2.12. The lowest BCUT2D eigenvalue weighted by molar-refractivity contribution is -0.112. The highest BCUT2D eigenvalue weighted by molar-refractivity contribution is 6.10. The molecule has 0 aliphatic rings. The molecule has 2 aromatic carbocycles. The van der Waals surface area contributed by atoms with E-state index in [9.17, 15) is 10.1 Å². The number of amides is 1. The minimum absolute atomic E-state index is 0.0252. The maximum absolute atomic E-state index is 12.8. The van der Waals surface area contributed by atoms with Crippen molar-refractivity contribution < 1.29 is 4.79 Å². The van der Waals surface area contributed by atoms with Crippen LogP contribution in [0.2, 0.25) is 0 Å². The van der Waals surface area contributed by atoms with Crippen LogP contribution in [-0.2, 0) is 11.2 Å². The summed E-state index contributed by atoms with van der Waals surface area (Å²) in [5, 5.41) is 19.5. The number of nitriles is 1. The molecular formula is C24H24N4O. The molecule has 1 aromatic heterocycles. The van der Waals surface area contributed by atoms with E-state index in [0.29, 0.717) is 5.56 Å². The minimum atomic E-state index is -0.434. The van der Waals surface area contributed by atoms with Crippen LogP contribution in [0.15, 0.2) is 48.2 Å². The molecule has 0 radical (unpaired) electrons. The van der Waals surface area contributed by atoms with Gasteiger partial charge in [-0.3, -0.25) is 9.89 Å². The van der Waals surface area contributed by atoms with Gasteiger partial charge in [0.15, 0.2) is 0 Å². The van der Waals surface area contributed by atoms with E-state index >= 15 is 0 Å². The number of aromatic amines is 1. The molecule has 0 saturated carbocycles. The number of anilines is 1. The summed E-state index contributed by atoms with van der Waals surface area (Å²) in [7, 11) is 0. The SMILES string of the molecule is CCc1ccc(-c2[nH]ncc2/C=C(\C#N)C(=O)Nc2c(C)cc(C)cc2C)cc1. The van der Waals surface area contributed by atoms with Gasteiger partial charge in [0.2, 0.25) is 0 Å². The van der Waals surface area contributed by atoms with Crippen LogP contribution in [0.5, 0.6) is 0 Å². The van der Waals surface area contributed by atoms with Crippen molar-refractivity contribution in [2.24, 2.45) is 0 Å². The summed E-state index contributed by atoms with van der Waals surface area (Å²) in [6.45, 7) is 8.01. The zero-order valence-corrected chi connectivity index (χ0v) is 17.1. The second-order valence-corrected chi connectivity index (χ2v) is 7.15. The Bertz CT molecular complexity index is 1090. The van der Waals surface area contributed by atoms with Gasteiger partial charge in [-0.2, -0.15) is 10.4 Å². The van der Waals surface area contributed by atoms with Gasteiger partial charge in [-0.05, 0) is 50.0 Å². The Balaban J connectivity index is 1.90. The van der Waals surface area contributed by atoms with Gasteiger partial charge in [-0.15, -0.1) is 0 Å². The van der Waals surface area contributed by atoms with Crippen molar-refractivity contribution in [1.82, 2.24) is 10.2 Å². The monoisotopic (exact) mass is 384 g/mol. The first-order chi connectivity index (χ1) is 13.9. The van der Waals surface area contributed by atoms with Gasteiger partial charge in [0, 0.05) is 16.8 Å². The molecule has 0 fully saturated rings. The van der Waals surface area contributed by atoms with Crippen LogP contribution in [-0.4, -0.2) is 16.1 Å². The molecule has 3 rings (SSSR count). The first-order valence-corrected chi connectivity index (χ1v) is 9.56. The van der Waals surface area contributed by atoms with Gasteiger partial charge in [0.25, 0.3) is 5.91 Å². The lowest BCUT2D eigenvalue weighted by atomic mass is 10.0. The number of H-pyrrole nitrogens is 1. The third-order valence-electron chi connectivity index (χ3n) is 4.90. The summed E-state index contributed by atoms with van der Waals surface area (Å²) < 4.78 is 0. The number of aromatic nitrogens is 2. The summed E-state index contributed by atoms with van der Waals surface area (Å²) in [5.74, 6) is -0.434. The number of hydrogen-bond donors (Lipinski definition) is 2. The molecule has 0 atom stereocenters. The molecule has 0 spiro atoms. The number of nitrogens with zero attached hydrogens (tertiary/aromatic N) is 2. The highest BCUT2D eigenvalue weighted by atomic mass is 16.1. The first-order valence-electron chi connectivity index (χ1n) is 9.56. The zero-order valence-electron chi connectivity index (χ0n) is 17.1. The molecule has 29 heavy (non-hydrogen) atoms. The van der Waals surface area contributed by atoms with E-state index in [2.05, 4.69) is 34.6 Å². The van der Waals surface area contributed by atoms with Crippen molar-refractivity contribution in [3.63, 3.8) is 0 Å². The molecule has 2 N–H and O–H groups in total. The lowest BCUT2D eigenvalue weighted by Crippen LogP contribution is -2.15. The van der Waals surface area contributed by atoms with Crippen LogP contribution in [0.4, 0.5) is 5.69 Å². The summed E-state index contributed by atoms with van der Waals surface area (Å²) >= 11 is 0. The average Bonchev–Trinajstić information content (AvgIpc) is 3.17. The standard InChI is InChI=1S/C24H24N4O/c1-5-18-6-8-19(9-7-18)23-21(14-26-28-23)12-20(13-25)24(29)27-22-16(3)10-15(2)11-17(22)4/h6-12,14H,5H2,1-4H3,(H,26,28)(H,27,29)/b20-12+. The normalized spacial score (nSPS) is 11.2. The van der Waals surface area contributed by atoms with Gasteiger partial charge < -0.3 is 5.32 Å². The van der Waals surface area contributed by atoms with E-state index in [1.165, 1.54) is 5.56 Å². The third kappa shape index (κ3) is 4.44. The Labute approximate surface area is 171 Å². The van der Waals surface area contributed by atoms with E-state index in [1.54, 1.807) is 12.3 Å². The predicted octanol–water partition coefficient (Wildman–Crippen LogP) is 5.11. The van der Waals surface area contributed by atoms with E-state index in [4.69, 9.17) is 0 Å². The second-order valence-electron chi connectivity index (χ2n) is 7.15. The van der Waals surface area contributed by atoms with Crippen molar-refractivity contribution in [3.8, 4) is 17.3 Å². The molecule has 0 bridgehead atoms. The Kier molecular flexibility index (Phi) is 5.94. The maximum Gasteiger partial charge on any atom is 0.266 e. The fraction of sp³-hybridized carbons (Fsp3) is 0.208. The van der Waals surface area contributed by atoms with Crippen molar-refractivity contribution in [2.75, 3.05) is 5.32 Å². The van der Waals surface area contributed by atoms with E-state index in [1.807, 2.05) is 51.1 Å². The number of rotatable bonds is 5. The second kappa shape index (κ2) is 8.57. The van der Waals surface area contributed by atoms with Crippen LogP contribution >= 0.6 is 0 Å². The number of benzene rings is 2. The Morgan fingerprint density at radius 3 is 2.41 bits per heavy atom. The van der Waals surface area contributed by atoms with Crippen molar-refractivity contribution in [3.05, 3.63) is 76.0 Å². The molecule has 0 aliphatic heterocycles. The van der Waals surface area contributed by atoms with Gasteiger partial charge in [-0.1, -0.05) is 48.9 Å². The highest BCUT2D eigenvalue weighted by Gasteiger charge is 2.15. The molecule has 5 heteroatoms. The fourth-order valence-corrected chi connectivity index (χ4v) is 3.41. The largest absolute Gasteiger partial charge is 0.321 e. The Hall–Kier alpha value is -3.65.